The Morgan fingerprint density at radius 3 is 2.39 bits per heavy atom. The van der Waals surface area contributed by atoms with E-state index in [0.717, 1.165) is 37.7 Å². The van der Waals surface area contributed by atoms with E-state index < -0.39 is 10.0 Å². The molecule has 28 heavy (non-hydrogen) atoms. The molecule has 2 aliphatic rings. The molecule has 156 valence electrons. The average Bonchev–Trinajstić information content (AvgIpc) is 2.95. The fourth-order valence-electron chi connectivity index (χ4n) is 4.40. The van der Waals surface area contributed by atoms with Gasteiger partial charge in [0, 0.05) is 25.6 Å². The van der Waals surface area contributed by atoms with Crippen molar-refractivity contribution in [2.45, 2.75) is 82.1 Å². The number of piperidine rings is 1. The zero-order valence-electron chi connectivity index (χ0n) is 17.0. The molecular formula is C22H34N2O3S. The first kappa shape index (κ1) is 21.3. The highest BCUT2D eigenvalue weighted by atomic mass is 32.2. The second-order valence-corrected chi connectivity index (χ2v) is 10.4. The molecule has 0 aromatic heterocycles. The average molecular weight is 407 g/mol. The van der Waals surface area contributed by atoms with Gasteiger partial charge < -0.3 is 5.32 Å². The van der Waals surface area contributed by atoms with Gasteiger partial charge in [0.2, 0.25) is 15.9 Å². The molecule has 1 aromatic rings. The monoisotopic (exact) mass is 406 g/mol. The van der Waals surface area contributed by atoms with E-state index in [1.807, 2.05) is 19.1 Å². The summed E-state index contributed by atoms with van der Waals surface area (Å²) in [6.07, 6.45) is 10.3. The van der Waals surface area contributed by atoms with Gasteiger partial charge in [0.25, 0.3) is 0 Å². The first-order valence-electron chi connectivity index (χ1n) is 10.8. The van der Waals surface area contributed by atoms with Gasteiger partial charge in [0.1, 0.15) is 0 Å². The summed E-state index contributed by atoms with van der Waals surface area (Å²) in [5.41, 5.74) is 1.05. The second kappa shape index (κ2) is 9.88. The molecule has 1 heterocycles. The van der Waals surface area contributed by atoms with Crippen LogP contribution in [0.25, 0.3) is 0 Å². The Morgan fingerprint density at radius 2 is 1.71 bits per heavy atom. The molecule has 0 spiro atoms. The quantitative estimate of drug-likeness (QED) is 0.726. The fourth-order valence-corrected chi connectivity index (χ4v) is 5.95. The number of rotatable bonds is 6. The summed E-state index contributed by atoms with van der Waals surface area (Å²) in [4.78, 5) is 12.7. The van der Waals surface area contributed by atoms with Crippen molar-refractivity contribution in [3.63, 3.8) is 0 Å². The Balaban J connectivity index is 1.50. The molecular weight excluding hydrogens is 372 g/mol. The summed E-state index contributed by atoms with van der Waals surface area (Å²) in [5.74, 6) is 0.388. The van der Waals surface area contributed by atoms with E-state index in [4.69, 9.17) is 0 Å². The molecule has 1 aliphatic heterocycles. The maximum atomic E-state index is 12.9. The molecule has 1 saturated heterocycles. The predicted molar refractivity (Wildman–Crippen MR) is 112 cm³/mol. The van der Waals surface area contributed by atoms with E-state index >= 15 is 0 Å². The minimum Gasteiger partial charge on any atom is -0.353 e. The third kappa shape index (κ3) is 5.80. The Labute approximate surface area is 169 Å². The van der Waals surface area contributed by atoms with Gasteiger partial charge in [-0.2, -0.15) is 4.31 Å². The molecule has 1 amide bonds. The Kier molecular flexibility index (Phi) is 7.52. The van der Waals surface area contributed by atoms with Crippen LogP contribution in [-0.2, 0) is 14.8 Å². The van der Waals surface area contributed by atoms with Gasteiger partial charge in [-0.3, -0.25) is 4.79 Å². The number of nitrogens with zero attached hydrogens (tertiary/aromatic N) is 1. The van der Waals surface area contributed by atoms with Crippen LogP contribution in [-0.4, -0.2) is 37.8 Å². The summed E-state index contributed by atoms with van der Waals surface area (Å²) in [6, 6.07) is 7.39. The molecule has 1 saturated carbocycles. The van der Waals surface area contributed by atoms with E-state index in [9.17, 15) is 13.2 Å². The van der Waals surface area contributed by atoms with Gasteiger partial charge in [-0.1, -0.05) is 43.4 Å². The van der Waals surface area contributed by atoms with Crippen LogP contribution in [0.2, 0.25) is 0 Å². The van der Waals surface area contributed by atoms with Crippen LogP contribution in [0.5, 0.6) is 0 Å². The maximum Gasteiger partial charge on any atom is 0.243 e. The number of nitrogens with one attached hydrogen (secondary N) is 1. The molecule has 5 nitrogen and oxygen atoms in total. The number of amides is 1. The van der Waals surface area contributed by atoms with Crippen LogP contribution < -0.4 is 5.32 Å². The summed E-state index contributed by atoms with van der Waals surface area (Å²) in [6.45, 7) is 3.04. The van der Waals surface area contributed by atoms with Gasteiger partial charge in [-0.25, -0.2) is 8.42 Å². The van der Waals surface area contributed by atoms with Crippen molar-refractivity contribution in [2.24, 2.45) is 5.92 Å². The molecule has 1 unspecified atom stereocenters. The number of carbonyl (C=O) groups is 1. The van der Waals surface area contributed by atoms with Crippen molar-refractivity contribution < 1.29 is 13.2 Å². The lowest BCUT2D eigenvalue weighted by atomic mass is 9.94. The summed E-state index contributed by atoms with van der Waals surface area (Å²) < 4.78 is 27.5. The third-order valence-electron chi connectivity index (χ3n) is 6.14. The number of hydrogen-bond acceptors (Lipinski definition) is 3. The number of carbonyl (C=O) groups excluding carboxylic acids is 1. The summed E-state index contributed by atoms with van der Waals surface area (Å²) in [7, 11) is -3.44. The van der Waals surface area contributed by atoms with Gasteiger partial charge in [-0.15, -0.1) is 0 Å². The van der Waals surface area contributed by atoms with Crippen molar-refractivity contribution in [3.05, 3.63) is 29.8 Å². The van der Waals surface area contributed by atoms with Crippen LogP contribution >= 0.6 is 0 Å². The van der Waals surface area contributed by atoms with Crippen molar-refractivity contribution >= 4 is 15.9 Å². The standard InChI is InChI=1S/C22H34N2O3S/c1-18-10-13-21(14-11-18)28(26,27)24-16-6-7-19(17-24)12-15-22(25)23-20-8-4-2-3-5-9-20/h10-11,13-14,19-20H,2-9,12,15-17H2,1H3,(H,23,25). The van der Waals surface area contributed by atoms with Crippen molar-refractivity contribution in [3.8, 4) is 0 Å². The minimum atomic E-state index is -3.44. The van der Waals surface area contributed by atoms with E-state index in [2.05, 4.69) is 5.32 Å². The smallest absolute Gasteiger partial charge is 0.243 e. The highest BCUT2D eigenvalue weighted by Crippen LogP contribution is 2.26. The summed E-state index contributed by atoms with van der Waals surface area (Å²) >= 11 is 0. The van der Waals surface area contributed by atoms with E-state index in [1.54, 1.807) is 16.4 Å². The maximum absolute atomic E-state index is 12.9. The van der Waals surface area contributed by atoms with Crippen LogP contribution in [0, 0.1) is 12.8 Å². The summed E-state index contributed by atoms with van der Waals surface area (Å²) in [5, 5.41) is 3.20. The van der Waals surface area contributed by atoms with E-state index in [1.165, 1.54) is 25.7 Å². The third-order valence-corrected chi connectivity index (χ3v) is 8.02. The SMILES string of the molecule is Cc1ccc(S(=O)(=O)N2CCCC(CCC(=O)NC3CCCCCC3)C2)cc1. The molecule has 6 heteroatoms. The molecule has 3 rings (SSSR count). The lowest BCUT2D eigenvalue weighted by Gasteiger charge is -2.32. The molecule has 1 aromatic carbocycles. The molecule has 0 bridgehead atoms. The molecule has 2 fully saturated rings. The number of sulfonamides is 1. The number of aryl methyl sites for hydroxylation is 1. The fraction of sp³-hybridized carbons (Fsp3) is 0.682. The van der Waals surface area contributed by atoms with Crippen LogP contribution in [0.3, 0.4) is 0 Å². The predicted octanol–water partition coefficient (Wildman–Crippen LogP) is 4.01. The molecule has 1 atom stereocenters. The Hall–Kier alpha value is -1.40. The number of hydrogen-bond donors (Lipinski definition) is 1. The topological polar surface area (TPSA) is 66.5 Å². The molecule has 1 aliphatic carbocycles. The first-order chi connectivity index (χ1) is 13.4. The van der Waals surface area contributed by atoms with Crippen molar-refractivity contribution in [1.29, 1.82) is 0 Å². The second-order valence-electron chi connectivity index (χ2n) is 8.48. The zero-order valence-corrected chi connectivity index (χ0v) is 17.8. The zero-order chi connectivity index (χ0) is 20.0. The van der Waals surface area contributed by atoms with Gasteiger partial charge >= 0.3 is 0 Å². The molecule has 0 radical (unpaired) electrons. The number of benzene rings is 1. The Bertz CT molecular complexity index is 738. The minimum absolute atomic E-state index is 0.130. The van der Waals surface area contributed by atoms with Crippen molar-refractivity contribution in [1.82, 2.24) is 9.62 Å². The Morgan fingerprint density at radius 1 is 1.04 bits per heavy atom. The van der Waals surface area contributed by atoms with E-state index in [0.29, 0.717) is 30.4 Å². The lowest BCUT2D eigenvalue weighted by Crippen LogP contribution is -2.40. The van der Waals surface area contributed by atoms with Crippen LogP contribution in [0.1, 0.15) is 69.8 Å². The van der Waals surface area contributed by atoms with Crippen molar-refractivity contribution in [2.75, 3.05) is 13.1 Å². The van der Waals surface area contributed by atoms with Gasteiger partial charge in [-0.05, 0) is 57.1 Å². The largest absolute Gasteiger partial charge is 0.353 e. The van der Waals surface area contributed by atoms with Crippen LogP contribution in [0.4, 0.5) is 0 Å². The normalized spacial score (nSPS) is 22.5. The lowest BCUT2D eigenvalue weighted by molar-refractivity contribution is -0.122. The van der Waals surface area contributed by atoms with E-state index in [-0.39, 0.29) is 11.8 Å². The highest BCUT2D eigenvalue weighted by molar-refractivity contribution is 7.89. The van der Waals surface area contributed by atoms with Gasteiger partial charge in [0.15, 0.2) is 0 Å². The van der Waals surface area contributed by atoms with Gasteiger partial charge in [0.05, 0.1) is 4.90 Å². The van der Waals surface area contributed by atoms with Crippen LogP contribution in [0.15, 0.2) is 29.2 Å². The molecule has 1 N–H and O–H groups in total. The first-order valence-corrected chi connectivity index (χ1v) is 12.3. The highest BCUT2D eigenvalue weighted by Gasteiger charge is 2.30.